The maximum Gasteiger partial charge on any atom is 0.234 e. The van der Waals surface area contributed by atoms with Gasteiger partial charge in [-0.3, -0.25) is 4.79 Å². The van der Waals surface area contributed by atoms with Crippen molar-refractivity contribution in [3.8, 4) is 0 Å². The van der Waals surface area contributed by atoms with Crippen molar-refractivity contribution in [3.63, 3.8) is 0 Å². The summed E-state index contributed by atoms with van der Waals surface area (Å²) in [5.41, 5.74) is 1.05. The van der Waals surface area contributed by atoms with Gasteiger partial charge in [0.25, 0.3) is 0 Å². The summed E-state index contributed by atoms with van der Waals surface area (Å²) < 4.78 is 5.63. The van der Waals surface area contributed by atoms with Gasteiger partial charge in [-0.1, -0.05) is 0 Å². The molecule has 1 aromatic heterocycles. The Balaban J connectivity index is 2.18. The number of β-amino-alcohol motifs (C(OH)–C–C–N with tert-alkyl or cyclic N) is 1. The second kappa shape index (κ2) is 5.34. The molecule has 5 nitrogen and oxygen atoms in total. The zero-order chi connectivity index (χ0) is 13.3. The molecule has 0 radical (unpaired) electrons. The molecule has 1 saturated heterocycles. The second-order valence-corrected chi connectivity index (χ2v) is 5.50. The van der Waals surface area contributed by atoms with Crippen LogP contribution in [-0.4, -0.2) is 46.0 Å². The molecule has 0 saturated carbocycles. The molecule has 2 atom stereocenters. The van der Waals surface area contributed by atoms with Gasteiger partial charge in [0, 0.05) is 0 Å². The highest BCUT2D eigenvalue weighted by molar-refractivity contribution is 8.00. The zero-order valence-corrected chi connectivity index (χ0v) is 11.2. The van der Waals surface area contributed by atoms with E-state index in [-0.39, 0.29) is 24.4 Å². The number of aliphatic hydroxyl groups is 2. The van der Waals surface area contributed by atoms with Crippen LogP contribution in [0.25, 0.3) is 0 Å². The zero-order valence-electron chi connectivity index (χ0n) is 10.4. The van der Waals surface area contributed by atoms with Crippen LogP contribution in [0.3, 0.4) is 0 Å². The van der Waals surface area contributed by atoms with Crippen LogP contribution in [0.1, 0.15) is 22.5 Å². The molecular weight excluding hydrogens is 254 g/mol. The van der Waals surface area contributed by atoms with Crippen molar-refractivity contribution in [2.24, 2.45) is 0 Å². The van der Waals surface area contributed by atoms with Crippen molar-refractivity contribution in [1.29, 1.82) is 0 Å². The SMILES string of the molecule is Cc1cc(C2SCC(=O)N2CC(O)CO)oc1C. The number of amides is 1. The molecule has 1 amide bonds. The average molecular weight is 271 g/mol. The summed E-state index contributed by atoms with van der Waals surface area (Å²) in [4.78, 5) is 13.3. The molecular formula is C12H17NO4S. The molecule has 0 bridgehead atoms. The Bertz CT molecular complexity index is 426. The van der Waals surface area contributed by atoms with Crippen LogP contribution in [-0.2, 0) is 4.79 Å². The van der Waals surface area contributed by atoms with Crippen molar-refractivity contribution in [1.82, 2.24) is 4.90 Å². The van der Waals surface area contributed by atoms with Gasteiger partial charge in [0.05, 0.1) is 25.0 Å². The third-order valence-corrected chi connectivity index (χ3v) is 4.23. The van der Waals surface area contributed by atoms with Gasteiger partial charge in [0.15, 0.2) is 0 Å². The van der Waals surface area contributed by atoms with Crippen LogP contribution in [0.4, 0.5) is 0 Å². The molecule has 1 aromatic rings. The van der Waals surface area contributed by atoms with E-state index < -0.39 is 6.10 Å². The number of aliphatic hydroxyl groups excluding tert-OH is 2. The second-order valence-electron chi connectivity index (χ2n) is 4.43. The summed E-state index contributed by atoms with van der Waals surface area (Å²) in [6, 6.07) is 1.92. The van der Waals surface area contributed by atoms with Crippen molar-refractivity contribution in [3.05, 3.63) is 23.2 Å². The Morgan fingerprint density at radius 3 is 2.89 bits per heavy atom. The molecule has 2 heterocycles. The summed E-state index contributed by atoms with van der Waals surface area (Å²) in [6.45, 7) is 3.62. The molecule has 1 fully saturated rings. The van der Waals surface area contributed by atoms with Crippen LogP contribution >= 0.6 is 11.8 Å². The lowest BCUT2D eigenvalue weighted by Gasteiger charge is -2.24. The number of rotatable bonds is 4. The van der Waals surface area contributed by atoms with E-state index in [2.05, 4.69) is 0 Å². The maximum atomic E-state index is 11.8. The van der Waals surface area contributed by atoms with Gasteiger partial charge in [-0.2, -0.15) is 0 Å². The van der Waals surface area contributed by atoms with E-state index in [4.69, 9.17) is 9.52 Å². The van der Waals surface area contributed by atoms with Crippen LogP contribution in [0, 0.1) is 13.8 Å². The van der Waals surface area contributed by atoms with Gasteiger partial charge in [-0.05, 0) is 25.5 Å². The van der Waals surface area contributed by atoms with E-state index in [9.17, 15) is 9.90 Å². The van der Waals surface area contributed by atoms with Gasteiger partial charge in [-0.25, -0.2) is 0 Å². The number of carbonyl (C=O) groups is 1. The highest BCUT2D eigenvalue weighted by atomic mass is 32.2. The summed E-state index contributed by atoms with van der Waals surface area (Å²) in [5.74, 6) is 1.91. The van der Waals surface area contributed by atoms with E-state index in [1.807, 2.05) is 19.9 Å². The van der Waals surface area contributed by atoms with Crippen molar-refractivity contribution >= 4 is 17.7 Å². The first-order valence-electron chi connectivity index (χ1n) is 5.80. The van der Waals surface area contributed by atoms with Crippen LogP contribution in [0.15, 0.2) is 10.5 Å². The van der Waals surface area contributed by atoms with Crippen molar-refractivity contribution in [2.75, 3.05) is 18.9 Å². The largest absolute Gasteiger partial charge is 0.463 e. The monoisotopic (exact) mass is 271 g/mol. The minimum atomic E-state index is -0.910. The Hall–Kier alpha value is -0.980. The fourth-order valence-electron chi connectivity index (χ4n) is 1.90. The Labute approximate surface area is 110 Å². The van der Waals surface area contributed by atoms with Gasteiger partial charge < -0.3 is 19.5 Å². The molecule has 6 heteroatoms. The molecule has 100 valence electrons. The van der Waals surface area contributed by atoms with Gasteiger partial charge >= 0.3 is 0 Å². The van der Waals surface area contributed by atoms with E-state index in [1.54, 1.807) is 4.90 Å². The van der Waals surface area contributed by atoms with Crippen LogP contribution in [0.2, 0.25) is 0 Å². The topological polar surface area (TPSA) is 73.9 Å². The molecule has 18 heavy (non-hydrogen) atoms. The molecule has 2 N–H and O–H groups in total. The summed E-state index contributed by atoms with van der Waals surface area (Å²) in [6.07, 6.45) is -0.910. The van der Waals surface area contributed by atoms with E-state index in [0.29, 0.717) is 5.75 Å². The van der Waals surface area contributed by atoms with Gasteiger partial charge in [0.2, 0.25) is 5.91 Å². The number of furan rings is 1. The highest BCUT2D eigenvalue weighted by Gasteiger charge is 2.36. The summed E-state index contributed by atoms with van der Waals surface area (Å²) >= 11 is 1.48. The number of carbonyl (C=O) groups excluding carboxylic acids is 1. The number of hydrogen-bond donors (Lipinski definition) is 2. The molecule has 2 unspecified atom stereocenters. The van der Waals surface area contributed by atoms with E-state index in [1.165, 1.54) is 11.8 Å². The molecule has 1 aliphatic rings. The Morgan fingerprint density at radius 2 is 2.33 bits per heavy atom. The lowest BCUT2D eigenvalue weighted by molar-refractivity contribution is -0.130. The molecule has 0 spiro atoms. The van der Waals surface area contributed by atoms with Crippen molar-refractivity contribution < 1.29 is 19.4 Å². The maximum absolute atomic E-state index is 11.8. The normalized spacial score (nSPS) is 21.7. The van der Waals surface area contributed by atoms with Crippen LogP contribution in [0.5, 0.6) is 0 Å². The summed E-state index contributed by atoms with van der Waals surface area (Å²) in [7, 11) is 0. The minimum Gasteiger partial charge on any atom is -0.463 e. The standard InChI is InChI=1S/C12H17NO4S/c1-7-3-10(17-8(7)2)12-13(4-9(15)5-14)11(16)6-18-12/h3,9,12,14-15H,4-6H2,1-2H3. The summed E-state index contributed by atoms with van der Waals surface area (Å²) in [5, 5.41) is 18.1. The van der Waals surface area contributed by atoms with Crippen LogP contribution < -0.4 is 0 Å². The number of hydrogen-bond acceptors (Lipinski definition) is 5. The number of thioether (sulfide) groups is 1. The Kier molecular flexibility index (Phi) is 3.99. The third-order valence-electron chi connectivity index (χ3n) is 3.01. The predicted molar refractivity (Wildman–Crippen MR) is 68.2 cm³/mol. The molecule has 0 aromatic carbocycles. The first-order valence-corrected chi connectivity index (χ1v) is 6.84. The molecule has 1 aliphatic heterocycles. The van der Waals surface area contributed by atoms with E-state index >= 15 is 0 Å². The smallest absolute Gasteiger partial charge is 0.234 e. The lowest BCUT2D eigenvalue weighted by atomic mass is 10.2. The van der Waals surface area contributed by atoms with Gasteiger partial charge in [-0.15, -0.1) is 11.8 Å². The number of aryl methyl sites for hydroxylation is 2. The highest BCUT2D eigenvalue weighted by Crippen LogP contribution is 2.39. The molecule has 0 aliphatic carbocycles. The first kappa shape index (κ1) is 13.5. The lowest BCUT2D eigenvalue weighted by Crippen LogP contribution is -2.36. The molecule has 2 rings (SSSR count). The third kappa shape index (κ3) is 2.55. The first-order chi connectivity index (χ1) is 8.52. The van der Waals surface area contributed by atoms with E-state index in [0.717, 1.165) is 17.1 Å². The fourth-order valence-corrected chi connectivity index (χ4v) is 3.03. The van der Waals surface area contributed by atoms with Crippen molar-refractivity contribution in [2.45, 2.75) is 25.3 Å². The number of nitrogens with zero attached hydrogens (tertiary/aromatic N) is 1. The quantitative estimate of drug-likeness (QED) is 0.848. The Morgan fingerprint density at radius 1 is 1.61 bits per heavy atom. The fraction of sp³-hybridized carbons (Fsp3) is 0.583. The minimum absolute atomic E-state index is 0.0378. The van der Waals surface area contributed by atoms with Gasteiger partial charge in [0.1, 0.15) is 16.9 Å². The average Bonchev–Trinajstić information content (AvgIpc) is 2.85. The predicted octanol–water partition coefficient (Wildman–Crippen LogP) is 0.824.